The molecule has 28 heavy (non-hydrogen) atoms. The van der Waals surface area contributed by atoms with E-state index in [9.17, 15) is 0 Å². The van der Waals surface area contributed by atoms with Crippen LogP contribution in [0, 0.1) is 0 Å². The standard InChI is InChI=1S/C22H21N5O/c1-2-5-17(6-3-1)20-7-4-8-21-24-22(25-27(20)21)23-18-9-11-19(12-10-18)26-13-15-28-16-14-26/h1-12H,13-16H2,(H,23,25). The Hall–Kier alpha value is -3.38. The summed E-state index contributed by atoms with van der Waals surface area (Å²) >= 11 is 0. The summed E-state index contributed by atoms with van der Waals surface area (Å²) in [6.45, 7) is 3.44. The Morgan fingerprint density at radius 2 is 1.61 bits per heavy atom. The number of hydrogen-bond donors (Lipinski definition) is 1. The molecule has 2 aromatic heterocycles. The molecule has 0 unspecified atom stereocenters. The second-order valence-electron chi connectivity index (χ2n) is 6.75. The van der Waals surface area contributed by atoms with E-state index < -0.39 is 0 Å². The van der Waals surface area contributed by atoms with Crippen molar-refractivity contribution in [3.8, 4) is 11.3 Å². The van der Waals surface area contributed by atoms with Crippen LogP contribution in [0.1, 0.15) is 0 Å². The first-order valence-electron chi connectivity index (χ1n) is 9.48. The van der Waals surface area contributed by atoms with Crippen LogP contribution in [-0.2, 0) is 4.74 Å². The zero-order valence-corrected chi connectivity index (χ0v) is 15.5. The third-order valence-corrected chi connectivity index (χ3v) is 4.93. The highest BCUT2D eigenvalue weighted by Gasteiger charge is 2.12. The number of nitrogens with zero attached hydrogens (tertiary/aromatic N) is 4. The van der Waals surface area contributed by atoms with Crippen LogP contribution < -0.4 is 10.2 Å². The van der Waals surface area contributed by atoms with Gasteiger partial charge in [0.25, 0.3) is 0 Å². The number of nitrogens with one attached hydrogen (secondary N) is 1. The Morgan fingerprint density at radius 3 is 2.39 bits per heavy atom. The molecule has 1 saturated heterocycles. The van der Waals surface area contributed by atoms with Crippen molar-refractivity contribution >= 4 is 23.0 Å². The van der Waals surface area contributed by atoms with Gasteiger partial charge in [-0.25, -0.2) is 4.52 Å². The average Bonchev–Trinajstić information content (AvgIpc) is 3.18. The van der Waals surface area contributed by atoms with Gasteiger partial charge >= 0.3 is 0 Å². The summed E-state index contributed by atoms with van der Waals surface area (Å²) < 4.78 is 7.30. The minimum absolute atomic E-state index is 0.586. The summed E-state index contributed by atoms with van der Waals surface area (Å²) in [5.74, 6) is 0.586. The molecule has 0 bridgehead atoms. The van der Waals surface area contributed by atoms with Gasteiger partial charge in [0.15, 0.2) is 5.65 Å². The fourth-order valence-electron chi connectivity index (χ4n) is 3.49. The summed E-state index contributed by atoms with van der Waals surface area (Å²) in [4.78, 5) is 6.96. The topological polar surface area (TPSA) is 54.7 Å². The quantitative estimate of drug-likeness (QED) is 0.588. The normalized spacial score (nSPS) is 14.4. The van der Waals surface area contributed by atoms with Crippen molar-refractivity contribution in [1.29, 1.82) is 0 Å². The number of fused-ring (bicyclic) bond motifs is 1. The first-order chi connectivity index (χ1) is 13.9. The van der Waals surface area contributed by atoms with Crippen molar-refractivity contribution < 1.29 is 4.74 Å². The highest BCUT2D eigenvalue weighted by molar-refractivity contribution is 5.65. The Labute approximate surface area is 163 Å². The van der Waals surface area contributed by atoms with Crippen LogP contribution in [0.25, 0.3) is 16.9 Å². The lowest BCUT2D eigenvalue weighted by atomic mass is 10.1. The van der Waals surface area contributed by atoms with Crippen LogP contribution in [0.15, 0.2) is 72.8 Å². The van der Waals surface area contributed by atoms with Gasteiger partial charge in [0, 0.05) is 30.0 Å². The molecule has 5 rings (SSSR count). The molecule has 0 atom stereocenters. The first-order valence-corrected chi connectivity index (χ1v) is 9.48. The molecule has 1 aliphatic rings. The molecular weight excluding hydrogens is 350 g/mol. The molecule has 6 heteroatoms. The maximum atomic E-state index is 5.42. The van der Waals surface area contributed by atoms with E-state index in [1.54, 1.807) is 0 Å². The number of ether oxygens (including phenoxy) is 1. The molecule has 140 valence electrons. The molecule has 1 fully saturated rings. The maximum Gasteiger partial charge on any atom is 0.247 e. The Kier molecular flexibility index (Phi) is 4.39. The average molecular weight is 371 g/mol. The molecule has 0 saturated carbocycles. The third-order valence-electron chi connectivity index (χ3n) is 4.93. The third kappa shape index (κ3) is 3.30. The maximum absolute atomic E-state index is 5.42. The number of benzene rings is 2. The van der Waals surface area contributed by atoms with Gasteiger partial charge in [0.05, 0.1) is 18.9 Å². The van der Waals surface area contributed by atoms with Crippen LogP contribution in [0.4, 0.5) is 17.3 Å². The monoisotopic (exact) mass is 371 g/mol. The van der Waals surface area contributed by atoms with E-state index in [0.717, 1.165) is 48.9 Å². The smallest absolute Gasteiger partial charge is 0.247 e. The van der Waals surface area contributed by atoms with Gasteiger partial charge in [-0.1, -0.05) is 36.4 Å². The number of morpholine rings is 1. The Morgan fingerprint density at radius 1 is 0.821 bits per heavy atom. The van der Waals surface area contributed by atoms with E-state index >= 15 is 0 Å². The lowest BCUT2D eigenvalue weighted by Crippen LogP contribution is -2.36. The molecular formula is C22H21N5O. The van der Waals surface area contributed by atoms with Crippen LogP contribution in [0.2, 0.25) is 0 Å². The second-order valence-corrected chi connectivity index (χ2v) is 6.75. The van der Waals surface area contributed by atoms with Gasteiger partial charge in [-0.3, -0.25) is 0 Å². The highest BCUT2D eigenvalue weighted by Crippen LogP contribution is 2.23. The predicted octanol–water partition coefficient (Wildman–Crippen LogP) is 3.98. The molecule has 2 aromatic carbocycles. The van der Waals surface area contributed by atoms with Crippen LogP contribution in [-0.4, -0.2) is 40.9 Å². The molecule has 3 heterocycles. The van der Waals surface area contributed by atoms with E-state index in [4.69, 9.17) is 4.74 Å². The molecule has 0 spiro atoms. The molecule has 0 radical (unpaired) electrons. The molecule has 1 N–H and O–H groups in total. The number of rotatable bonds is 4. The number of hydrogen-bond acceptors (Lipinski definition) is 5. The molecule has 0 amide bonds. The van der Waals surface area contributed by atoms with Gasteiger partial charge in [-0.2, -0.15) is 4.98 Å². The second kappa shape index (κ2) is 7.32. The summed E-state index contributed by atoms with van der Waals surface area (Å²) in [5.41, 5.74) is 5.12. The minimum atomic E-state index is 0.586. The van der Waals surface area contributed by atoms with E-state index in [-0.39, 0.29) is 0 Å². The summed E-state index contributed by atoms with van der Waals surface area (Å²) in [5, 5.41) is 7.98. The summed E-state index contributed by atoms with van der Waals surface area (Å²) in [7, 11) is 0. The zero-order valence-electron chi connectivity index (χ0n) is 15.5. The van der Waals surface area contributed by atoms with Crippen molar-refractivity contribution in [1.82, 2.24) is 14.6 Å². The van der Waals surface area contributed by atoms with E-state index in [1.165, 1.54) is 5.69 Å². The van der Waals surface area contributed by atoms with E-state index in [1.807, 2.05) is 34.8 Å². The molecule has 4 aromatic rings. The lowest BCUT2D eigenvalue weighted by Gasteiger charge is -2.28. The summed E-state index contributed by atoms with van der Waals surface area (Å²) in [6.07, 6.45) is 0. The lowest BCUT2D eigenvalue weighted by molar-refractivity contribution is 0.122. The van der Waals surface area contributed by atoms with Crippen LogP contribution in [0.3, 0.4) is 0 Å². The Balaban J connectivity index is 1.40. The fraction of sp³-hybridized carbons (Fsp3) is 0.182. The van der Waals surface area contributed by atoms with Crippen molar-refractivity contribution in [3.63, 3.8) is 0 Å². The number of aromatic nitrogens is 3. The van der Waals surface area contributed by atoms with Crippen molar-refractivity contribution in [2.75, 3.05) is 36.5 Å². The summed E-state index contributed by atoms with van der Waals surface area (Å²) in [6, 6.07) is 24.6. The van der Waals surface area contributed by atoms with Gasteiger partial charge in [-0.05, 0) is 36.4 Å². The zero-order chi connectivity index (χ0) is 18.8. The van der Waals surface area contributed by atoms with Gasteiger partial charge in [-0.15, -0.1) is 5.10 Å². The van der Waals surface area contributed by atoms with Crippen molar-refractivity contribution in [3.05, 3.63) is 72.8 Å². The van der Waals surface area contributed by atoms with Gasteiger partial charge in [0.2, 0.25) is 5.95 Å². The first kappa shape index (κ1) is 16.8. The molecule has 1 aliphatic heterocycles. The number of pyridine rings is 1. The van der Waals surface area contributed by atoms with Gasteiger partial charge in [0.1, 0.15) is 0 Å². The van der Waals surface area contributed by atoms with E-state index in [0.29, 0.717) is 5.95 Å². The Bertz CT molecular complexity index is 1070. The highest BCUT2D eigenvalue weighted by atomic mass is 16.5. The largest absolute Gasteiger partial charge is 0.378 e. The fourth-order valence-corrected chi connectivity index (χ4v) is 3.49. The van der Waals surface area contributed by atoms with Crippen LogP contribution in [0.5, 0.6) is 0 Å². The number of anilines is 3. The van der Waals surface area contributed by atoms with Crippen LogP contribution >= 0.6 is 0 Å². The predicted molar refractivity (Wildman–Crippen MR) is 111 cm³/mol. The van der Waals surface area contributed by atoms with E-state index in [2.05, 4.69) is 62.8 Å². The van der Waals surface area contributed by atoms with Crippen molar-refractivity contribution in [2.24, 2.45) is 0 Å². The SMILES string of the molecule is c1ccc(-c2cccc3nc(Nc4ccc(N5CCOCC5)cc4)nn23)cc1. The van der Waals surface area contributed by atoms with Gasteiger partial charge < -0.3 is 15.0 Å². The molecule has 6 nitrogen and oxygen atoms in total. The minimum Gasteiger partial charge on any atom is -0.378 e. The molecule has 0 aliphatic carbocycles. The van der Waals surface area contributed by atoms with Crippen molar-refractivity contribution in [2.45, 2.75) is 0 Å².